The largest absolute Gasteiger partial charge is 0.309 e. The summed E-state index contributed by atoms with van der Waals surface area (Å²) in [5, 5.41) is 14.6. The van der Waals surface area contributed by atoms with E-state index in [-0.39, 0.29) is 53.3 Å². The Morgan fingerprint density at radius 3 is 0.911 bits per heavy atom. The molecule has 0 unspecified atom stereocenters. The number of hydrogen-bond donors (Lipinski definition) is 4. The van der Waals surface area contributed by atoms with Gasteiger partial charge in [0.15, 0.2) is 23.3 Å². The monoisotopic (exact) mass is 1810 g/mol. The summed E-state index contributed by atoms with van der Waals surface area (Å²) in [7, 11) is 0. The van der Waals surface area contributed by atoms with Crippen molar-refractivity contribution in [3.05, 3.63) is 320 Å². The third-order valence-corrected chi connectivity index (χ3v) is 28.4. The summed E-state index contributed by atoms with van der Waals surface area (Å²) >= 11 is 0. The third-order valence-electron chi connectivity index (χ3n) is 28.4. The first-order chi connectivity index (χ1) is 66.1. The number of fused-ring (bicyclic) bond motifs is 13. The van der Waals surface area contributed by atoms with Gasteiger partial charge in [-0.2, -0.15) is 0 Å². The van der Waals surface area contributed by atoms with Crippen LogP contribution >= 0.6 is 0 Å². The molecule has 4 amide bonds. The number of carbonyl (C=O) groups excluding carboxylic acids is 4. The zero-order chi connectivity index (χ0) is 92.4. The Morgan fingerprint density at radius 1 is 0.267 bits per heavy atom. The highest BCUT2D eigenvalue weighted by Crippen LogP contribution is 2.42. The van der Waals surface area contributed by atoms with Gasteiger partial charge in [-0.05, 0) is 248 Å². The topological polar surface area (TPSA) is 220 Å². The van der Waals surface area contributed by atoms with Gasteiger partial charge >= 0.3 is 0 Å². The van der Waals surface area contributed by atoms with Crippen molar-refractivity contribution in [2.24, 2.45) is 23.7 Å². The maximum Gasteiger partial charge on any atom is 0.229 e. The van der Waals surface area contributed by atoms with Gasteiger partial charge in [-0.25, -0.2) is 57.4 Å². The van der Waals surface area contributed by atoms with Crippen LogP contribution in [0.5, 0.6) is 0 Å². The lowest BCUT2D eigenvalue weighted by atomic mass is 9.85. The average Bonchev–Trinajstić information content (AvgIpc) is 0.782. The molecule has 0 radical (unpaired) electrons. The molecular weight excluding hydrogens is 1690 g/mol. The predicted octanol–water partition coefficient (Wildman–Crippen LogP) is 25.1. The summed E-state index contributed by atoms with van der Waals surface area (Å²) < 4.78 is 55.2. The fourth-order valence-corrected chi connectivity index (χ4v) is 21.3. The van der Waals surface area contributed by atoms with Gasteiger partial charge in [0.1, 0.15) is 23.3 Å². The van der Waals surface area contributed by atoms with Crippen molar-refractivity contribution < 1.29 is 36.7 Å². The minimum Gasteiger partial charge on any atom is -0.309 e. The summed E-state index contributed by atoms with van der Waals surface area (Å²) in [5.74, 6) is 3.65. The van der Waals surface area contributed by atoms with Crippen LogP contribution in [-0.2, 0) is 122 Å². The minimum absolute atomic E-state index is 0.00615. The molecule has 21 rings (SSSR count). The van der Waals surface area contributed by atoms with Crippen LogP contribution in [-0.4, -0.2) is 63.5 Å². The molecule has 0 spiro atoms. The van der Waals surface area contributed by atoms with E-state index in [0.717, 1.165) is 205 Å². The van der Waals surface area contributed by atoms with Crippen LogP contribution in [0.1, 0.15) is 238 Å². The van der Waals surface area contributed by atoms with Gasteiger partial charge in [0, 0.05) is 35.1 Å². The molecule has 20 heteroatoms. The zero-order valence-electron chi connectivity index (χ0n) is 77.2. The summed E-state index contributed by atoms with van der Waals surface area (Å²) in [6, 6.07) is 64.1. The maximum atomic E-state index is 13.8. The Morgan fingerprint density at radius 2 is 0.563 bits per heavy atom. The van der Waals surface area contributed by atoms with Crippen LogP contribution in [0.15, 0.2) is 206 Å². The number of rotatable bonds is 23. The first-order valence-corrected chi connectivity index (χ1v) is 49.6. The Hall–Kier alpha value is -12.8. The highest BCUT2D eigenvalue weighted by Gasteiger charge is 2.32. The lowest BCUT2D eigenvalue weighted by molar-refractivity contribution is -0.117. The van der Waals surface area contributed by atoms with Gasteiger partial charge in [-0.1, -0.05) is 262 Å². The van der Waals surface area contributed by atoms with Gasteiger partial charge in [0.2, 0.25) is 23.6 Å². The number of halogens is 4. The SMILES string of the molecule is O=C(CCCc1ccccc1)Nc1nc2c(nc1CC1CCCCC1)-c1ccc(F)cc1CC2.O=C(CCc1ccccc1)Nc1nc2c(nc1CC1CCCCC1)-c1ccc(F)cc1CC2.O=C(Cc1ccc2ccccc2c1)Nc1nc2c(nc1CC1CCCCC1)-c1ccc(F)cc1CC2.O=C(Cc1ccccc1)Nc1nc2c(nc1CC1CCCCC1)-c1ccc(F)cc1CC2. The van der Waals surface area contributed by atoms with Crippen molar-refractivity contribution in [1.82, 2.24) is 39.9 Å². The molecular formula is C115H120F4N12O4. The number of hydrogen-bond acceptors (Lipinski definition) is 12. The van der Waals surface area contributed by atoms with Crippen LogP contribution in [0, 0.1) is 46.9 Å². The Labute approximate surface area is 789 Å². The van der Waals surface area contributed by atoms with Crippen LogP contribution < -0.4 is 21.3 Å². The lowest BCUT2D eigenvalue weighted by Crippen LogP contribution is -2.21. The first kappa shape index (κ1) is 92.6. The van der Waals surface area contributed by atoms with E-state index in [0.29, 0.717) is 98.3 Å². The minimum atomic E-state index is -0.217. The molecule has 0 aliphatic heterocycles. The van der Waals surface area contributed by atoms with Gasteiger partial charge < -0.3 is 21.3 Å². The van der Waals surface area contributed by atoms with Crippen LogP contribution in [0.4, 0.5) is 40.8 Å². The second kappa shape index (κ2) is 44.5. The van der Waals surface area contributed by atoms with Crippen molar-refractivity contribution in [3.63, 3.8) is 0 Å². The highest BCUT2D eigenvalue weighted by atomic mass is 19.1. The predicted molar refractivity (Wildman–Crippen MR) is 527 cm³/mol. The lowest BCUT2D eigenvalue weighted by Gasteiger charge is -2.24. The molecule has 8 aliphatic carbocycles. The van der Waals surface area contributed by atoms with E-state index >= 15 is 0 Å². The zero-order valence-corrected chi connectivity index (χ0v) is 77.2. The number of benzene rings is 9. The summed E-state index contributed by atoms with van der Waals surface area (Å²) in [4.78, 5) is 91.5. The number of carbonyl (C=O) groups is 4. The summed E-state index contributed by atoms with van der Waals surface area (Å²) in [6.07, 6.45) is 37.6. The number of aryl methyl sites for hydroxylation is 10. The molecule has 8 aliphatic rings. The van der Waals surface area contributed by atoms with Crippen LogP contribution in [0.3, 0.4) is 0 Å². The smallest absolute Gasteiger partial charge is 0.229 e. The van der Waals surface area contributed by atoms with E-state index in [1.54, 1.807) is 24.3 Å². The normalized spacial score (nSPS) is 15.5. The first-order valence-electron chi connectivity index (χ1n) is 49.6. The van der Waals surface area contributed by atoms with Crippen molar-refractivity contribution >= 4 is 57.7 Å². The quantitative estimate of drug-likeness (QED) is 0.0440. The Kier molecular flexibility index (Phi) is 30.6. The molecule has 0 saturated heterocycles. The van der Waals surface area contributed by atoms with Crippen LogP contribution in [0.2, 0.25) is 0 Å². The molecule has 4 fully saturated rings. The average molecular weight is 1810 g/mol. The molecule has 135 heavy (non-hydrogen) atoms. The molecule has 4 N–H and O–H groups in total. The van der Waals surface area contributed by atoms with E-state index in [1.165, 1.54) is 158 Å². The van der Waals surface area contributed by atoms with E-state index in [4.69, 9.17) is 39.9 Å². The van der Waals surface area contributed by atoms with E-state index < -0.39 is 0 Å². The Balaban J connectivity index is 0.000000120. The fourth-order valence-electron chi connectivity index (χ4n) is 21.3. The fraction of sp³-hybridized carbons (Fsp3) is 0.374. The molecule has 4 saturated carbocycles. The Bertz CT molecular complexity index is 6390. The van der Waals surface area contributed by atoms with Crippen molar-refractivity contribution in [2.45, 2.75) is 250 Å². The third kappa shape index (κ3) is 24.3. The molecule has 0 atom stereocenters. The van der Waals surface area contributed by atoms with Crippen LogP contribution in [0.25, 0.3) is 55.8 Å². The van der Waals surface area contributed by atoms with E-state index in [1.807, 2.05) is 121 Å². The second-order valence-electron chi connectivity index (χ2n) is 38.3. The maximum absolute atomic E-state index is 13.8. The van der Waals surface area contributed by atoms with Crippen molar-refractivity contribution in [1.29, 1.82) is 0 Å². The summed E-state index contributed by atoms with van der Waals surface area (Å²) in [6.45, 7) is 0. The van der Waals surface area contributed by atoms with E-state index in [2.05, 4.69) is 57.7 Å². The number of aromatic nitrogens is 8. The molecule has 4 heterocycles. The van der Waals surface area contributed by atoms with Gasteiger partial charge in [0.05, 0.1) is 81.2 Å². The molecule has 0 bridgehead atoms. The number of anilines is 4. The molecule has 9 aromatic carbocycles. The van der Waals surface area contributed by atoms with Crippen molar-refractivity contribution in [3.8, 4) is 45.0 Å². The van der Waals surface area contributed by atoms with Gasteiger partial charge in [0.25, 0.3) is 0 Å². The van der Waals surface area contributed by atoms with Crippen molar-refractivity contribution in [2.75, 3.05) is 21.3 Å². The second-order valence-corrected chi connectivity index (χ2v) is 38.3. The number of nitrogens with zero attached hydrogens (tertiary/aromatic N) is 8. The standard InChI is InChI=1S/C31H30FN3O.C29H32FN3O.C28H30FN3O.C27H28FN3O/c32-25-13-14-26-24(19-25)12-15-27-30(26)33-28(17-20-6-2-1-3-7-20)31(34-27)35-29(36)18-21-10-11-22-8-4-5-9-23(22)16-21;30-23-15-16-24-22(19-23)14-17-25-28(24)31-26(18-21-10-5-2-6-11-21)29(32-25)33-27(34)13-7-12-20-8-3-1-4-9-20;29-22-13-14-23-21(18-22)12-15-24-27(23)30-25(17-20-9-5-2-6-10-20)28(31-24)32-26(33)16-11-19-7-3-1-4-8-19;28-21-12-13-22-20(17-21)11-14-23-26(22)29-24(15-18-7-3-1-4-8-18)27(30-23)31-25(32)16-19-9-5-2-6-10-19/h4-5,8-11,13-14,16,19-20H,1-3,6-7,12,15,17-18H2,(H,34,35,36);1,3-4,8-9,15-16,19,21H,2,5-7,10-14,17-18H2,(H,32,33,34);1,3-4,7-8,13-14,18,20H,2,5-6,9-12,15-17H2,(H,31,32,33);2,5-6,9-10,12-13,17-18H,1,3-4,7-8,11,14-16H2,(H,30,31,32). The molecule has 692 valence electrons. The van der Waals surface area contributed by atoms with E-state index in [9.17, 15) is 36.7 Å². The number of nitrogens with one attached hydrogen (secondary N) is 4. The highest BCUT2D eigenvalue weighted by molar-refractivity contribution is 5.95. The molecule has 4 aromatic heterocycles. The van der Waals surface area contributed by atoms with Gasteiger partial charge in [-0.15, -0.1) is 0 Å². The number of amides is 4. The molecule has 13 aromatic rings. The van der Waals surface area contributed by atoms with Gasteiger partial charge in [-0.3, -0.25) is 19.2 Å². The molecule has 16 nitrogen and oxygen atoms in total. The summed E-state index contributed by atoms with van der Waals surface area (Å²) in [5.41, 5.74) is 22.5.